The van der Waals surface area contributed by atoms with Gasteiger partial charge in [0.05, 0.1) is 5.56 Å². The average Bonchev–Trinajstić information content (AvgIpc) is 2.37. The molecule has 1 aromatic carbocycles. The third kappa shape index (κ3) is 3.17. The minimum atomic E-state index is 0.130. The van der Waals surface area contributed by atoms with Gasteiger partial charge < -0.3 is 10.6 Å². The number of nitrogen functional groups attached to an aromatic ring is 1. The van der Waals surface area contributed by atoms with Crippen molar-refractivity contribution in [2.24, 2.45) is 17.1 Å². The summed E-state index contributed by atoms with van der Waals surface area (Å²) in [6.07, 6.45) is 2.40. The Morgan fingerprint density at radius 1 is 1.30 bits per heavy atom. The third-order valence-corrected chi connectivity index (χ3v) is 4.98. The Labute approximate surface area is 130 Å². The first-order valence-corrected chi connectivity index (χ1v) is 7.98. The van der Waals surface area contributed by atoms with Crippen LogP contribution in [0.3, 0.4) is 0 Å². The summed E-state index contributed by atoms with van der Waals surface area (Å²) in [7, 11) is 0. The Morgan fingerprint density at radius 3 is 2.40 bits per heavy atom. The van der Waals surface area contributed by atoms with Gasteiger partial charge in [-0.25, -0.2) is 0 Å². The summed E-state index contributed by atoms with van der Waals surface area (Å²) in [5, 5.41) is 7.80. The topological polar surface area (TPSA) is 53.1 Å². The van der Waals surface area contributed by atoms with E-state index in [0.717, 1.165) is 34.7 Å². The predicted octanol–water partition coefficient (Wildman–Crippen LogP) is 4.00. The molecule has 1 aliphatic rings. The van der Waals surface area contributed by atoms with Crippen LogP contribution in [0.4, 0.5) is 5.69 Å². The van der Waals surface area contributed by atoms with Crippen LogP contribution < -0.4 is 10.6 Å². The molecule has 0 aliphatic carbocycles. The number of hydrogen-bond donors (Lipinski definition) is 2. The number of nitrogens with one attached hydrogen (secondary N) is 1. The lowest BCUT2D eigenvalue weighted by Gasteiger charge is -2.40. The summed E-state index contributed by atoms with van der Waals surface area (Å²) in [5.41, 5.74) is 8.03. The zero-order chi connectivity index (χ0) is 14.9. The van der Waals surface area contributed by atoms with E-state index >= 15 is 0 Å². The Morgan fingerprint density at radius 2 is 1.90 bits per heavy atom. The van der Waals surface area contributed by atoms with E-state index in [4.69, 9.17) is 11.1 Å². The molecule has 0 bridgehead atoms. The first-order valence-electron chi connectivity index (χ1n) is 7.18. The first kappa shape index (κ1) is 15.4. The molecule has 0 radical (unpaired) electrons. The summed E-state index contributed by atoms with van der Waals surface area (Å²) in [6, 6.07) is 6.03. The molecule has 3 N–H and O–H groups in total. The van der Waals surface area contributed by atoms with Crippen LogP contribution in [-0.2, 0) is 0 Å². The Balaban J connectivity index is 2.19. The number of nitrogens with zero attached hydrogens (tertiary/aromatic N) is 1. The fourth-order valence-corrected chi connectivity index (χ4v) is 3.60. The van der Waals surface area contributed by atoms with Crippen molar-refractivity contribution in [2.45, 2.75) is 33.6 Å². The molecule has 0 amide bonds. The molecule has 1 heterocycles. The second kappa shape index (κ2) is 5.76. The molecule has 0 aromatic heterocycles. The van der Waals surface area contributed by atoms with E-state index in [-0.39, 0.29) is 5.84 Å². The summed E-state index contributed by atoms with van der Waals surface area (Å²) in [6.45, 7) is 9.06. The van der Waals surface area contributed by atoms with Crippen molar-refractivity contribution in [3.63, 3.8) is 0 Å². The van der Waals surface area contributed by atoms with Crippen LogP contribution in [0.15, 0.2) is 22.7 Å². The summed E-state index contributed by atoms with van der Waals surface area (Å²) in [5.74, 6) is 0.900. The SMILES string of the molecule is CC(C)(C)C1CCN(c2cccc(Br)c2C(=N)N)CC1. The fourth-order valence-electron chi connectivity index (χ4n) is 3.03. The molecule has 0 spiro atoms. The molecular weight excluding hydrogens is 314 g/mol. The maximum atomic E-state index is 7.80. The van der Waals surface area contributed by atoms with E-state index in [1.165, 1.54) is 12.8 Å². The van der Waals surface area contributed by atoms with Crippen LogP contribution in [0.25, 0.3) is 0 Å². The predicted molar refractivity (Wildman–Crippen MR) is 89.6 cm³/mol. The highest BCUT2D eigenvalue weighted by Gasteiger charge is 2.29. The van der Waals surface area contributed by atoms with Crippen LogP contribution in [0.2, 0.25) is 0 Å². The maximum Gasteiger partial charge on any atom is 0.126 e. The number of halogens is 1. The maximum absolute atomic E-state index is 7.80. The van der Waals surface area contributed by atoms with Gasteiger partial charge in [0.25, 0.3) is 0 Å². The van der Waals surface area contributed by atoms with E-state index in [0.29, 0.717) is 5.41 Å². The minimum absolute atomic E-state index is 0.130. The normalized spacial score (nSPS) is 17.3. The monoisotopic (exact) mass is 337 g/mol. The Hall–Kier alpha value is -1.03. The van der Waals surface area contributed by atoms with Gasteiger partial charge in [-0.15, -0.1) is 0 Å². The number of hydrogen-bond acceptors (Lipinski definition) is 2. The van der Waals surface area contributed by atoms with Gasteiger partial charge in [-0.3, -0.25) is 5.41 Å². The van der Waals surface area contributed by atoms with E-state index in [2.05, 4.69) is 47.7 Å². The lowest BCUT2D eigenvalue weighted by atomic mass is 9.75. The molecule has 1 fully saturated rings. The molecule has 1 aliphatic heterocycles. The fraction of sp³-hybridized carbons (Fsp3) is 0.562. The van der Waals surface area contributed by atoms with Crippen molar-refractivity contribution in [2.75, 3.05) is 18.0 Å². The van der Waals surface area contributed by atoms with E-state index in [9.17, 15) is 0 Å². The number of amidine groups is 1. The van der Waals surface area contributed by atoms with Crippen molar-refractivity contribution < 1.29 is 0 Å². The van der Waals surface area contributed by atoms with Gasteiger partial charge in [-0.1, -0.05) is 26.8 Å². The quantitative estimate of drug-likeness (QED) is 0.633. The van der Waals surface area contributed by atoms with E-state index < -0.39 is 0 Å². The highest BCUT2D eigenvalue weighted by atomic mass is 79.9. The van der Waals surface area contributed by atoms with Crippen LogP contribution >= 0.6 is 15.9 Å². The van der Waals surface area contributed by atoms with Crippen molar-refractivity contribution in [3.8, 4) is 0 Å². The lowest BCUT2D eigenvalue weighted by Crippen LogP contribution is -2.39. The summed E-state index contributed by atoms with van der Waals surface area (Å²) in [4.78, 5) is 2.36. The van der Waals surface area contributed by atoms with E-state index in [1.54, 1.807) is 0 Å². The van der Waals surface area contributed by atoms with Gasteiger partial charge in [0.15, 0.2) is 0 Å². The number of anilines is 1. The molecule has 0 atom stereocenters. The molecule has 20 heavy (non-hydrogen) atoms. The molecule has 1 aromatic rings. The van der Waals surface area contributed by atoms with Gasteiger partial charge >= 0.3 is 0 Å². The molecule has 0 unspecified atom stereocenters. The third-order valence-electron chi connectivity index (χ3n) is 4.32. The molecule has 110 valence electrons. The average molecular weight is 338 g/mol. The largest absolute Gasteiger partial charge is 0.384 e. The van der Waals surface area contributed by atoms with Gasteiger partial charge in [0.2, 0.25) is 0 Å². The molecule has 2 rings (SSSR count). The number of nitrogens with two attached hydrogens (primary N) is 1. The standard InChI is InChI=1S/C16H24BrN3/c1-16(2,3)11-7-9-20(10-8-11)13-6-4-5-12(17)14(13)15(18)19/h4-6,11H,7-10H2,1-3H3,(H3,18,19). The van der Waals surface area contributed by atoms with Crippen LogP contribution in [0.1, 0.15) is 39.2 Å². The van der Waals surface area contributed by atoms with Crippen molar-refractivity contribution in [3.05, 3.63) is 28.2 Å². The summed E-state index contributed by atoms with van der Waals surface area (Å²) >= 11 is 3.51. The van der Waals surface area contributed by atoms with Crippen LogP contribution in [0.5, 0.6) is 0 Å². The Kier molecular flexibility index (Phi) is 4.43. The van der Waals surface area contributed by atoms with Crippen LogP contribution in [-0.4, -0.2) is 18.9 Å². The smallest absolute Gasteiger partial charge is 0.126 e. The zero-order valence-corrected chi connectivity index (χ0v) is 14.1. The molecule has 0 saturated carbocycles. The van der Waals surface area contributed by atoms with E-state index in [1.807, 2.05) is 12.1 Å². The van der Waals surface area contributed by atoms with Gasteiger partial charge in [-0.2, -0.15) is 0 Å². The second-order valence-corrected chi connectivity index (χ2v) is 7.53. The Bertz CT molecular complexity index is 497. The first-order chi connectivity index (χ1) is 9.30. The van der Waals surface area contributed by atoms with Crippen molar-refractivity contribution >= 4 is 27.5 Å². The highest BCUT2D eigenvalue weighted by molar-refractivity contribution is 9.10. The van der Waals surface area contributed by atoms with Gasteiger partial charge in [-0.05, 0) is 52.2 Å². The number of piperidine rings is 1. The number of rotatable bonds is 2. The molecule has 3 nitrogen and oxygen atoms in total. The van der Waals surface area contributed by atoms with Crippen LogP contribution in [0, 0.1) is 16.7 Å². The molecule has 4 heteroatoms. The second-order valence-electron chi connectivity index (χ2n) is 6.67. The van der Waals surface area contributed by atoms with Gasteiger partial charge in [0.1, 0.15) is 5.84 Å². The molecular formula is C16H24BrN3. The highest BCUT2D eigenvalue weighted by Crippen LogP contribution is 2.37. The van der Waals surface area contributed by atoms with Crippen molar-refractivity contribution in [1.29, 1.82) is 5.41 Å². The van der Waals surface area contributed by atoms with Gasteiger partial charge in [0, 0.05) is 23.2 Å². The minimum Gasteiger partial charge on any atom is -0.384 e. The molecule has 1 saturated heterocycles. The van der Waals surface area contributed by atoms with Crippen molar-refractivity contribution in [1.82, 2.24) is 0 Å². The lowest BCUT2D eigenvalue weighted by molar-refractivity contribution is 0.199. The summed E-state index contributed by atoms with van der Waals surface area (Å²) < 4.78 is 0.903. The number of benzene rings is 1. The zero-order valence-electron chi connectivity index (χ0n) is 12.5.